The molecule has 0 aliphatic heterocycles. The topological polar surface area (TPSA) is 118 Å². The van der Waals surface area contributed by atoms with Gasteiger partial charge in [-0.1, -0.05) is 12.8 Å². The Morgan fingerprint density at radius 1 is 1.32 bits per heavy atom. The first-order valence-corrected chi connectivity index (χ1v) is 7.72. The molecule has 0 unspecified atom stereocenters. The van der Waals surface area contributed by atoms with E-state index in [-0.39, 0.29) is 11.5 Å². The monoisotopic (exact) mass is 285 g/mol. The largest absolute Gasteiger partial charge is 0.397 e. The molecule has 106 valence electrons. The Hall–Kier alpha value is -1.31. The number of nitrogens with two attached hydrogens (primary N) is 2. The molecule has 6 N–H and O–H groups in total. The van der Waals surface area contributed by atoms with Gasteiger partial charge in [-0.25, -0.2) is 13.6 Å². The van der Waals surface area contributed by atoms with Crippen molar-refractivity contribution in [3.05, 3.63) is 18.2 Å². The van der Waals surface area contributed by atoms with Crippen LogP contribution in [0.2, 0.25) is 0 Å². The third-order valence-corrected chi connectivity index (χ3v) is 4.53. The second kappa shape index (κ2) is 4.99. The third-order valence-electron chi connectivity index (χ3n) is 3.62. The number of hydrogen-bond acceptors (Lipinski definition) is 5. The lowest BCUT2D eigenvalue weighted by molar-refractivity contribution is 0.214. The van der Waals surface area contributed by atoms with E-state index >= 15 is 0 Å². The van der Waals surface area contributed by atoms with E-state index in [0.29, 0.717) is 11.4 Å². The van der Waals surface area contributed by atoms with Crippen LogP contribution < -0.4 is 16.2 Å². The fourth-order valence-corrected chi connectivity index (χ4v) is 3.02. The summed E-state index contributed by atoms with van der Waals surface area (Å²) >= 11 is 0. The SMILES string of the molecule is Nc1ccc(S(N)(=O)=O)cc1NC1(CO)CCCC1. The molecule has 0 atom stereocenters. The minimum absolute atomic E-state index is 0.00789. The predicted octanol–water partition coefficient (Wildman–Crippen LogP) is 0.633. The number of sulfonamides is 1. The first-order chi connectivity index (χ1) is 8.86. The first kappa shape index (κ1) is 14.1. The fourth-order valence-electron chi connectivity index (χ4n) is 2.48. The van der Waals surface area contributed by atoms with Crippen molar-refractivity contribution in [1.29, 1.82) is 0 Å². The van der Waals surface area contributed by atoms with Gasteiger partial charge in [-0.3, -0.25) is 0 Å². The highest BCUT2D eigenvalue weighted by Gasteiger charge is 2.33. The van der Waals surface area contributed by atoms with Gasteiger partial charge in [0, 0.05) is 0 Å². The average Bonchev–Trinajstić information content (AvgIpc) is 2.80. The Balaban J connectivity index is 2.34. The van der Waals surface area contributed by atoms with Crippen LogP contribution in [0.25, 0.3) is 0 Å². The maximum absolute atomic E-state index is 11.3. The van der Waals surface area contributed by atoms with Crippen LogP contribution in [0.3, 0.4) is 0 Å². The number of anilines is 2. The van der Waals surface area contributed by atoms with Gasteiger partial charge >= 0.3 is 0 Å². The summed E-state index contributed by atoms with van der Waals surface area (Å²) in [6.45, 7) is -0.00789. The van der Waals surface area contributed by atoms with E-state index in [1.165, 1.54) is 18.2 Å². The normalized spacial score (nSPS) is 18.4. The molecule has 1 aromatic carbocycles. The number of aliphatic hydroxyl groups excluding tert-OH is 1. The van der Waals surface area contributed by atoms with E-state index in [4.69, 9.17) is 10.9 Å². The van der Waals surface area contributed by atoms with E-state index in [2.05, 4.69) is 5.32 Å². The average molecular weight is 285 g/mol. The number of nitrogens with one attached hydrogen (secondary N) is 1. The second-order valence-corrected chi connectivity index (χ2v) is 6.63. The molecule has 7 heteroatoms. The lowest BCUT2D eigenvalue weighted by atomic mass is 9.98. The van der Waals surface area contributed by atoms with Gasteiger partial charge in [0.1, 0.15) is 0 Å². The zero-order valence-corrected chi connectivity index (χ0v) is 11.4. The Morgan fingerprint density at radius 3 is 2.47 bits per heavy atom. The van der Waals surface area contributed by atoms with Crippen LogP contribution in [0.5, 0.6) is 0 Å². The summed E-state index contributed by atoms with van der Waals surface area (Å²) in [5.74, 6) is 0. The Morgan fingerprint density at radius 2 is 1.95 bits per heavy atom. The van der Waals surface area contributed by atoms with Crippen LogP contribution in [-0.2, 0) is 10.0 Å². The summed E-state index contributed by atoms with van der Waals surface area (Å²) in [4.78, 5) is 0.00952. The first-order valence-electron chi connectivity index (χ1n) is 6.18. The van der Waals surface area contributed by atoms with Gasteiger partial charge in [-0.2, -0.15) is 0 Å². The Labute approximate surface area is 112 Å². The zero-order valence-electron chi connectivity index (χ0n) is 10.6. The highest BCUT2D eigenvalue weighted by molar-refractivity contribution is 7.89. The van der Waals surface area contributed by atoms with Crippen LogP contribution in [0, 0.1) is 0 Å². The van der Waals surface area contributed by atoms with E-state index in [9.17, 15) is 13.5 Å². The van der Waals surface area contributed by atoms with E-state index in [0.717, 1.165) is 25.7 Å². The maximum Gasteiger partial charge on any atom is 0.238 e. The van der Waals surface area contributed by atoms with Crippen molar-refractivity contribution in [2.75, 3.05) is 17.7 Å². The molecule has 6 nitrogen and oxygen atoms in total. The molecule has 0 radical (unpaired) electrons. The van der Waals surface area contributed by atoms with Gasteiger partial charge in [0.15, 0.2) is 0 Å². The summed E-state index contributed by atoms with van der Waals surface area (Å²) < 4.78 is 22.7. The number of benzene rings is 1. The highest BCUT2D eigenvalue weighted by atomic mass is 32.2. The summed E-state index contributed by atoms with van der Waals surface area (Å²) in [5, 5.41) is 17.8. The van der Waals surface area contributed by atoms with E-state index in [1.54, 1.807) is 0 Å². The van der Waals surface area contributed by atoms with Crippen LogP contribution in [0.15, 0.2) is 23.1 Å². The van der Waals surface area contributed by atoms with Gasteiger partial charge in [0.2, 0.25) is 10.0 Å². The molecule has 0 saturated heterocycles. The molecule has 1 aliphatic carbocycles. The van der Waals surface area contributed by atoms with Crippen LogP contribution in [0.4, 0.5) is 11.4 Å². The van der Waals surface area contributed by atoms with Crippen molar-refractivity contribution < 1.29 is 13.5 Å². The van der Waals surface area contributed by atoms with Crippen molar-refractivity contribution in [3.8, 4) is 0 Å². The fraction of sp³-hybridized carbons (Fsp3) is 0.500. The zero-order chi connectivity index (χ0) is 14.1. The maximum atomic E-state index is 11.3. The second-order valence-electron chi connectivity index (χ2n) is 5.06. The van der Waals surface area contributed by atoms with Crippen LogP contribution in [0.1, 0.15) is 25.7 Å². The highest BCUT2D eigenvalue weighted by Crippen LogP contribution is 2.35. The van der Waals surface area contributed by atoms with Gasteiger partial charge in [0.05, 0.1) is 28.4 Å². The van der Waals surface area contributed by atoms with E-state index < -0.39 is 15.6 Å². The predicted molar refractivity (Wildman–Crippen MR) is 74.1 cm³/mol. The van der Waals surface area contributed by atoms with Crippen molar-refractivity contribution in [1.82, 2.24) is 0 Å². The molecule has 1 saturated carbocycles. The molecule has 1 aliphatic rings. The molecule has 0 bridgehead atoms. The molecule has 0 spiro atoms. The number of aliphatic hydroxyl groups is 1. The van der Waals surface area contributed by atoms with E-state index in [1.807, 2.05) is 0 Å². The molecule has 0 heterocycles. The minimum atomic E-state index is -3.76. The molecule has 2 rings (SSSR count). The van der Waals surface area contributed by atoms with Crippen LogP contribution >= 0.6 is 0 Å². The van der Waals surface area contributed by atoms with Crippen molar-refractivity contribution >= 4 is 21.4 Å². The quantitative estimate of drug-likeness (QED) is 0.605. The van der Waals surface area contributed by atoms with Crippen molar-refractivity contribution in [3.63, 3.8) is 0 Å². The summed E-state index contributed by atoms with van der Waals surface area (Å²) in [7, 11) is -3.76. The van der Waals surface area contributed by atoms with Crippen LogP contribution in [-0.4, -0.2) is 25.7 Å². The molecular formula is C12H19N3O3S. The minimum Gasteiger partial charge on any atom is -0.397 e. The van der Waals surface area contributed by atoms with Gasteiger partial charge < -0.3 is 16.2 Å². The Bertz CT molecular complexity index is 566. The summed E-state index contributed by atoms with van der Waals surface area (Å²) in [5.41, 5.74) is 6.37. The summed E-state index contributed by atoms with van der Waals surface area (Å²) in [6.07, 6.45) is 3.73. The van der Waals surface area contributed by atoms with Gasteiger partial charge in [-0.05, 0) is 31.0 Å². The standard InChI is InChI=1S/C12H19N3O3S/c13-10-4-3-9(19(14,17)18)7-11(10)15-12(8-16)5-1-2-6-12/h3-4,7,15-16H,1-2,5-6,8,13H2,(H2,14,17,18). The number of hydrogen-bond donors (Lipinski definition) is 4. The van der Waals surface area contributed by atoms with Crippen molar-refractivity contribution in [2.45, 2.75) is 36.1 Å². The van der Waals surface area contributed by atoms with Gasteiger partial charge in [0.25, 0.3) is 0 Å². The molecule has 1 aromatic rings. The molecule has 1 fully saturated rings. The Kier molecular flexibility index (Phi) is 3.71. The molecule has 19 heavy (non-hydrogen) atoms. The van der Waals surface area contributed by atoms with Crippen molar-refractivity contribution in [2.24, 2.45) is 5.14 Å². The van der Waals surface area contributed by atoms with Gasteiger partial charge in [-0.15, -0.1) is 0 Å². The number of nitrogen functional groups attached to an aromatic ring is 1. The summed E-state index contributed by atoms with van der Waals surface area (Å²) in [6, 6.07) is 4.29. The lowest BCUT2D eigenvalue weighted by Gasteiger charge is -2.30. The number of primary sulfonamides is 1. The lowest BCUT2D eigenvalue weighted by Crippen LogP contribution is -2.39. The molecular weight excluding hydrogens is 266 g/mol. The smallest absolute Gasteiger partial charge is 0.238 e. The number of rotatable bonds is 4. The third kappa shape index (κ3) is 2.99. The molecule has 0 aromatic heterocycles. The molecule has 0 amide bonds.